The Labute approximate surface area is 150 Å². The van der Waals surface area contributed by atoms with Crippen molar-refractivity contribution in [1.82, 2.24) is 5.32 Å². The second-order valence-electron chi connectivity index (χ2n) is 6.31. The topological polar surface area (TPSA) is 41.6 Å². The van der Waals surface area contributed by atoms with Crippen LogP contribution in [0.2, 0.25) is 0 Å². The Kier molecular flexibility index (Phi) is 6.87. The van der Waals surface area contributed by atoms with Crippen molar-refractivity contribution in [1.29, 1.82) is 0 Å². The lowest BCUT2D eigenvalue weighted by Gasteiger charge is -2.21. The Morgan fingerprint density at radius 2 is 1.84 bits per heavy atom. The summed E-state index contributed by atoms with van der Waals surface area (Å²) in [6.07, 6.45) is 0.164. The number of nitrogens with zero attached hydrogens (tertiary/aromatic N) is 1. The van der Waals surface area contributed by atoms with Gasteiger partial charge in [-0.3, -0.25) is 4.79 Å². The van der Waals surface area contributed by atoms with E-state index in [0.717, 1.165) is 23.5 Å². The Hall–Kier alpha value is -2.49. The van der Waals surface area contributed by atoms with Crippen LogP contribution in [-0.2, 0) is 4.79 Å². The second-order valence-corrected chi connectivity index (χ2v) is 6.31. The summed E-state index contributed by atoms with van der Waals surface area (Å²) in [5, 5.41) is 2.97. The molecule has 0 saturated carbocycles. The Morgan fingerprint density at radius 1 is 1.12 bits per heavy atom. The summed E-state index contributed by atoms with van der Waals surface area (Å²) in [4.78, 5) is 14.5. The van der Waals surface area contributed by atoms with Crippen LogP contribution in [0.15, 0.2) is 48.5 Å². The molecule has 134 valence electrons. The van der Waals surface area contributed by atoms with Crippen molar-refractivity contribution in [3.8, 4) is 5.75 Å². The van der Waals surface area contributed by atoms with Gasteiger partial charge in [-0.2, -0.15) is 0 Å². The van der Waals surface area contributed by atoms with Crippen LogP contribution in [0.5, 0.6) is 5.75 Å². The van der Waals surface area contributed by atoms with E-state index in [-0.39, 0.29) is 5.91 Å². The van der Waals surface area contributed by atoms with Gasteiger partial charge in [-0.15, -0.1) is 0 Å². The number of likely N-dealkylation sites (N-methyl/N-ethyl adjacent to an activating group) is 1. The highest BCUT2D eigenvalue weighted by Gasteiger charge is 2.18. The summed E-state index contributed by atoms with van der Waals surface area (Å²) in [6.45, 7) is 7.39. The molecule has 2 rings (SSSR count). The number of carbonyl (C=O) groups excluding carboxylic acids is 1. The molecule has 1 atom stereocenters. The van der Waals surface area contributed by atoms with Gasteiger partial charge in [-0.05, 0) is 55.7 Å². The number of hydrogen-bond acceptors (Lipinski definition) is 3. The molecular weight excluding hydrogens is 312 g/mol. The lowest BCUT2D eigenvalue weighted by atomic mass is 10.1. The van der Waals surface area contributed by atoms with E-state index >= 15 is 0 Å². The van der Waals surface area contributed by atoms with Crippen LogP contribution >= 0.6 is 0 Å². The van der Waals surface area contributed by atoms with E-state index in [1.54, 1.807) is 0 Å². The van der Waals surface area contributed by atoms with E-state index in [9.17, 15) is 4.79 Å². The molecule has 1 N–H and O–H groups in total. The molecule has 4 nitrogen and oxygen atoms in total. The van der Waals surface area contributed by atoms with Gasteiger partial charge in [0.15, 0.2) is 6.10 Å². The molecule has 0 radical (unpaired) electrons. The van der Waals surface area contributed by atoms with Crippen LogP contribution in [0.4, 0.5) is 5.69 Å². The van der Waals surface area contributed by atoms with Crippen molar-refractivity contribution in [2.75, 3.05) is 25.0 Å². The highest BCUT2D eigenvalue weighted by Crippen LogP contribution is 2.18. The monoisotopic (exact) mass is 340 g/mol. The molecule has 25 heavy (non-hydrogen) atoms. The normalized spacial score (nSPS) is 11.7. The van der Waals surface area contributed by atoms with Crippen molar-refractivity contribution < 1.29 is 9.53 Å². The van der Waals surface area contributed by atoms with Crippen LogP contribution in [-0.4, -0.2) is 32.1 Å². The fraction of sp³-hybridized carbons (Fsp3) is 0.381. The van der Waals surface area contributed by atoms with Gasteiger partial charge < -0.3 is 15.0 Å². The number of ether oxygens (including phenoxy) is 1. The first-order chi connectivity index (χ1) is 12.0. The maximum absolute atomic E-state index is 12.4. The van der Waals surface area contributed by atoms with Crippen LogP contribution in [0.25, 0.3) is 0 Å². The second kappa shape index (κ2) is 9.11. The Morgan fingerprint density at radius 3 is 2.48 bits per heavy atom. The summed E-state index contributed by atoms with van der Waals surface area (Å²) >= 11 is 0. The lowest BCUT2D eigenvalue weighted by Crippen LogP contribution is -2.41. The smallest absolute Gasteiger partial charge is 0.261 e. The molecule has 4 heteroatoms. The van der Waals surface area contributed by atoms with Gasteiger partial charge in [0.25, 0.3) is 5.91 Å². The molecule has 1 amide bonds. The highest BCUT2D eigenvalue weighted by atomic mass is 16.5. The number of anilines is 1. The molecule has 0 aliphatic carbocycles. The van der Waals surface area contributed by atoms with Crippen molar-refractivity contribution in [3.63, 3.8) is 0 Å². The average Bonchev–Trinajstić information content (AvgIpc) is 2.63. The first-order valence-electron chi connectivity index (χ1n) is 8.79. The van der Waals surface area contributed by atoms with Crippen molar-refractivity contribution in [2.24, 2.45) is 0 Å². The molecule has 0 aliphatic heterocycles. The number of amides is 1. The zero-order valence-corrected chi connectivity index (χ0v) is 15.6. The Balaban J connectivity index is 1.84. The van der Waals surface area contributed by atoms with Gasteiger partial charge in [0.2, 0.25) is 0 Å². The van der Waals surface area contributed by atoms with Crippen LogP contribution in [0, 0.1) is 13.8 Å². The highest BCUT2D eigenvalue weighted by molar-refractivity contribution is 5.81. The summed E-state index contributed by atoms with van der Waals surface area (Å²) < 4.78 is 5.88. The van der Waals surface area contributed by atoms with E-state index < -0.39 is 6.10 Å². The predicted octanol–water partition coefficient (Wildman–Crippen LogP) is 3.71. The van der Waals surface area contributed by atoms with Gasteiger partial charge in [0.1, 0.15) is 5.75 Å². The zero-order valence-electron chi connectivity index (χ0n) is 15.6. The van der Waals surface area contributed by atoms with Crippen molar-refractivity contribution in [3.05, 3.63) is 59.7 Å². The number of aryl methyl sites for hydroxylation is 2. The first-order valence-corrected chi connectivity index (χ1v) is 8.79. The third kappa shape index (κ3) is 5.52. The van der Waals surface area contributed by atoms with E-state index in [2.05, 4.69) is 29.3 Å². The zero-order chi connectivity index (χ0) is 18.2. The van der Waals surface area contributed by atoms with Gasteiger partial charge in [-0.25, -0.2) is 0 Å². The van der Waals surface area contributed by atoms with Gasteiger partial charge in [0.05, 0.1) is 0 Å². The SMILES string of the molecule is CC[C@@H](Oc1ccc(C)c(C)c1)C(=O)NCCN(C)c1ccccc1. The molecule has 0 fully saturated rings. The van der Waals surface area contributed by atoms with E-state index in [4.69, 9.17) is 4.74 Å². The quantitative estimate of drug-likeness (QED) is 0.796. The molecule has 0 saturated heterocycles. The van der Waals surface area contributed by atoms with Gasteiger partial charge >= 0.3 is 0 Å². The maximum Gasteiger partial charge on any atom is 0.261 e. The molecule has 2 aromatic carbocycles. The largest absolute Gasteiger partial charge is 0.481 e. The van der Waals surface area contributed by atoms with Crippen molar-refractivity contribution >= 4 is 11.6 Å². The minimum Gasteiger partial charge on any atom is -0.481 e. The van der Waals surface area contributed by atoms with Crippen LogP contribution in [0.3, 0.4) is 0 Å². The molecule has 0 spiro atoms. The number of rotatable bonds is 8. The predicted molar refractivity (Wildman–Crippen MR) is 103 cm³/mol. The third-order valence-corrected chi connectivity index (χ3v) is 4.36. The first kappa shape index (κ1) is 18.8. The minimum atomic E-state index is -0.468. The molecule has 0 aromatic heterocycles. The van der Waals surface area contributed by atoms with E-state index in [1.807, 2.05) is 57.3 Å². The maximum atomic E-state index is 12.4. The molecule has 0 unspecified atom stereocenters. The number of carbonyl (C=O) groups is 1. The van der Waals surface area contributed by atoms with E-state index in [1.165, 1.54) is 5.56 Å². The summed E-state index contributed by atoms with van der Waals surface area (Å²) in [5.41, 5.74) is 3.52. The fourth-order valence-electron chi connectivity index (χ4n) is 2.55. The number of para-hydroxylation sites is 1. The van der Waals surface area contributed by atoms with Gasteiger partial charge in [-0.1, -0.05) is 31.2 Å². The average molecular weight is 340 g/mol. The van der Waals surface area contributed by atoms with Crippen molar-refractivity contribution in [2.45, 2.75) is 33.3 Å². The van der Waals surface area contributed by atoms with Crippen LogP contribution < -0.4 is 15.0 Å². The number of benzene rings is 2. The summed E-state index contributed by atoms with van der Waals surface area (Å²) in [6, 6.07) is 16.0. The summed E-state index contributed by atoms with van der Waals surface area (Å²) in [7, 11) is 2.02. The molecule has 0 bridgehead atoms. The minimum absolute atomic E-state index is 0.0674. The van der Waals surface area contributed by atoms with Crippen LogP contribution in [0.1, 0.15) is 24.5 Å². The molecule has 0 aliphatic rings. The molecule has 0 heterocycles. The number of hydrogen-bond donors (Lipinski definition) is 1. The van der Waals surface area contributed by atoms with E-state index in [0.29, 0.717) is 13.0 Å². The fourth-order valence-corrected chi connectivity index (χ4v) is 2.55. The van der Waals surface area contributed by atoms with Gasteiger partial charge in [0, 0.05) is 25.8 Å². The molecule has 2 aromatic rings. The standard InChI is InChI=1S/C21H28N2O2/c1-5-20(25-19-12-11-16(2)17(3)15-19)21(24)22-13-14-23(4)18-9-7-6-8-10-18/h6-12,15,20H,5,13-14H2,1-4H3,(H,22,24)/t20-/m1/s1. The third-order valence-electron chi connectivity index (χ3n) is 4.36. The Bertz CT molecular complexity index is 686. The number of nitrogens with one attached hydrogen (secondary N) is 1. The summed E-state index contributed by atoms with van der Waals surface area (Å²) in [5.74, 6) is 0.675. The molecular formula is C21H28N2O2. The lowest BCUT2D eigenvalue weighted by molar-refractivity contribution is -0.128.